The zero-order valence-electron chi connectivity index (χ0n) is 15.1. The summed E-state index contributed by atoms with van der Waals surface area (Å²) in [4.78, 5) is 33.5. The van der Waals surface area contributed by atoms with E-state index in [-0.39, 0.29) is 22.6 Å². The normalized spacial score (nSPS) is 10.3. The van der Waals surface area contributed by atoms with Crippen LogP contribution in [0.3, 0.4) is 0 Å². The molecule has 7 nitrogen and oxygen atoms in total. The van der Waals surface area contributed by atoms with Crippen LogP contribution in [0.4, 0.5) is 5.69 Å². The van der Waals surface area contributed by atoms with E-state index in [2.05, 4.69) is 6.92 Å². The van der Waals surface area contributed by atoms with Crippen LogP contribution in [0.5, 0.6) is 11.5 Å². The quantitative estimate of drug-likeness (QED) is 0.151. The van der Waals surface area contributed by atoms with Crippen LogP contribution in [0, 0.1) is 10.1 Å². The Labute approximate surface area is 157 Å². The molecule has 0 saturated carbocycles. The van der Waals surface area contributed by atoms with E-state index in [4.69, 9.17) is 9.47 Å². The van der Waals surface area contributed by atoms with Gasteiger partial charge in [-0.3, -0.25) is 14.9 Å². The van der Waals surface area contributed by atoms with Gasteiger partial charge in [0.25, 0.3) is 5.69 Å². The molecule has 0 amide bonds. The molecule has 27 heavy (non-hydrogen) atoms. The lowest BCUT2D eigenvalue weighted by atomic mass is 10.2. The first kappa shape index (κ1) is 20.1. The molecule has 0 bridgehead atoms. The highest BCUT2D eigenvalue weighted by atomic mass is 16.6. The number of carbonyl (C=O) groups excluding carboxylic acids is 2. The first-order chi connectivity index (χ1) is 13.0. The monoisotopic (exact) mass is 371 g/mol. The second-order valence-corrected chi connectivity index (χ2v) is 5.92. The fourth-order valence-corrected chi connectivity index (χ4v) is 2.40. The van der Waals surface area contributed by atoms with E-state index in [1.54, 1.807) is 24.3 Å². The molecular weight excluding hydrogens is 350 g/mol. The summed E-state index contributed by atoms with van der Waals surface area (Å²) in [5, 5.41) is 10.8. The van der Waals surface area contributed by atoms with Crippen LogP contribution in [0.1, 0.15) is 53.3 Å². The largest absolute Gasteiger partial charge is 0.494 e. The topological polar surface area (TPSA) is 95.7 Å². The standard InChI is InChI=1S/C20H21NO6/c1-2-3-4-5-12-26-18-9-6-15(7-10-18)20(23)27-19-11-8-17(21(24)25)13-16(19)14-22/h6-11,13-14H,2-5,12H2,1H3. The Morgan fingerprint density at radius 3 is 2.48 bits per heavy atom. The summed E-state index contributed by atoms with van der Waals surface area (Å²) in [5.41, 5.74) is -0.0366. The van der Waals surface area contributed by atoms with E-state index in [0.717, 1.165) is 25.3 Å². The molecule has 0 heterocycles. The molecule has 0 fully saturated rings. The molecule has 0 radical (unpaired) electrons. The summed E-state index contributed by atoms with van der Waals surface area (Å²) in [5.74, 6) is -0.0368. The first-order valence-corrected chi connectivity index (χ1v) is 8.73. The van der Waals surface area contributed by atoms with Gasteiger partial charge in [-0.15, -0.1) is 0 Å². The molecule has 0 atom stereocenters. The van der Waals surface area contributed by atoms with Gasteiger partial charge >= 0.3 is 5.97 Å². The van der Waals surface area contributed by atoms with E-state index < -0.39 is 10.9 Å². The Balaban J connectivity index is 1.98. The number of ether oxygens (including phenoxy) is 2. The highest BCUT2D eigenvalue weighted by Crippen LogP contribution is 2.24. The molecular formula is C20H21NO6. The van der Waals surface area contributed by atoms with Crippen LogP contribution >= 0.6 is 0 Å². The van der Waals surface area contributed by atoms with Crippen molar-refractivity contribution in [3.05, 3.63) is 63.7 Å². The van der Waals surface area contributed by atoms with Crippen molar-refractivity contribution in [2.75, 3.05) is 6.61 Å². The van der Waals surface area contributed by atoms with Gasteiger partial charge in [0.05, 0.1) is 22.7 Å². The zero-order valence-corrected chi connectivity index (χ0v) is 15.1. The number of aldehydes is 1. The Kier molecular flexibility index (Phi) is 7.49. The number of nitro benzene ring substituents is 1. The number of benzene rings is 2. The zero-order chi connectivity index (χ0) is 19.6. The van der Waals surface area contributed by atoms with Crippen molar-refractivity contribution < 1.29 is 24.0 Å². The van der Waals surface area contributed by atoms with E-state index >= 15 is 0 Å². The molecule has 0 aromatic heterocycles. The van der Waals surface area contributed by atoms with Crippen molar-refractivity contribution in [1.82, 2.24) is 0 Å². The number of unbranched alkanes of at least 4 members (excludes halogenated alkanes) is 3. The predicted molar refractivity (Wildman–Crippen MR) is 99.5 cm³/mol. The molecule has 0 aliphatic carbocycles. The number of rotatable bonds is 10. The van der Waals surface area contributed by atoms with E-state index in [1.165, 1.54) is 18.6 Å². The van der Waals surface area contributed by atoms with E-state index in [0.29, 0.717) is 18.6 Å². The molecule has 0 spiro atoms. The maximum atomic E-state index is 12.2. The molecule has 0 aliphatic rings. The molecule has 7 heteroatoms. The summed E-state index contributed by atoms with van der Waals surface area (Å²) >= 11 is 0. The number of hydrogen-bond donors (Lipinski definition) is 0. The van der Waals surface area contributed by atoms with Gasteiger partial charge in [-0.1, -0.05) is 26.2 Å². The van der Waals surface area contributed by atoms with Gasteiger partial charge in [0.2, 0.25) is 0 Å². The second-order valence-electron chi connectivity index (χ2n) is 5.92. The highest BCUT2D eigenvalue weighted by molar-refractivity contribution is 5.92. The lowest BCUT2D eigenvalue weighted by Gasteiger charge is -2.08. The Morgan fingerprint density at radius 1 is 1.11 bits per heavy atom. The van der Waals surface area contributed by atoms with E-state index in [1.807, 2.05) is 0 Å². The third-order valence-corrected chi connectivity index (χ3v) is 3.89. The fraction of sp³-hybridized carbons (Fsp3) is 0.300. The molecule has 0 aliphatic heterocycles. The maximum absolute atomic E-state index is 12.2. The number of esters is 1. The van der Waals surface area contributed by atoms with Crippen molar-refractivity contribution in [3.63, 3.8) is 0 Å². The van der Waals surface area contributed by atoms with Crippen LogP contribution in [0.25, 0.3) is 0 Å². The summed E-state index contributed by atoms with van der Waals surface area (Å²) in [6, 6.07) is 9.94. The summed E-state index contributed by atoms with van der Waals surface area (Å²) in [7, 11) is 0. The average Bonchev–Trinajstić information content (AvgIpc) is 2.68. The minimum Gasteiger partial charge on any atom is -0.494 e. The average molecular weight is 371 g/mol. The SMILES string of the molecule is CCCCCCOc1ccc(C(=O)Oc2ccc([N+](=O)[O-])cc2C=O)cc1. The van der Waals surface area contributed by atoms with Gasteiger partial charge in [-0.25, -0.2) is 4.79 Å². The number of non-ortho nitro benzene ring substituents is 1. The Hall–Kier alpha value is -3.22. The Bertz CT molecular complexity index is 801. The Morgan fingerprint density at radius 2 is 1.85 bits per heavy atom. The lowest BCUT2D eigenvalue weighted by molar-refractivity contribution is -0.384. The van der Waals surface area contributed by atoms with Crippen molar-refractivity contribution in [1.29, 1.82) is 0 Å². The smallest absolute Gasteiger partial charge is 0.343 e. The van der Waals surface area contributed by atoms with Crippen molar-refractivity contribution in [2.24, 2.45) is 0 Å². The predicted octanol–water partition coefficient (Wildman–Crippen LogP) is 4.59. The van der Waals surface area contributed by atoms with Gasteiger partial charge in [-0.05, 0) is 36.8 Å². The number of nitrogens with zero attached hydrogens (tertiary/aromatic N) is 1. The van der Waals surface area contributed by atoms with Crippen molar-refractivity contribution in [3.8, 4) is 11.5 Å². The third kappa shape index (κ3) is 5.91. The molecule has 2 aromatic carbocycles. The summed E-state index contributed by atoms with van der Waals surface area (Å²) in [6.07, 6.45) is 4.85. The first-order valence-electron chi connectivity index (χ1n) is 8.73. The van der Waals surface area contributed by atoms with Crippen molar-refractivity contribution >= 4 is 17.9 Å². The lowest BCUT2D eigenvalue weighted by Crippen LogP contribution is -2.10. The maximum Gasteiger partial charge on any atom is 0.343 e. The van der Waals surface area contributed by atoms with Gasteiger partial charge in [0, 0.05) is 12.1 Å². The van der Waals surface area contributed by atoms with Gasteiger partial charge in [-0.2, -0.15) is 0 Å². The van der Waals surface area contributed by atoms with Crippen LogP contribution in [-0.4, -0.2) is 23.8 Å². The molecule has 0 N–H and O–H groups in total. The van der Waals surface area contributed by atoms with Crippen LogP contribution in [-0.2, 0) is 0 Å². The van der Waals surface area contributed by atoms with Crippen LogP contribution in [0.15, 0.2) is 42.5 Å². The van der Waals surface area contributed by atoms with Crippen LogP contribution < -0.4 is 9.47 Å². The second kappa shape index (κ2) is 10.1. The molecule has 0 saturated heterocycles. The van der Waals surface area contributed by atoms with Gasteiger partial charge < -0.3 is 9.47 Å². The van der Waals surface area contributed by atoms with Gasteiger partial charge in [0.15, 0.2) is 6.29 Å². The summed E-state index contributed by atoms with van der Waals surface area (Å²) in [6.45, 7) is 2.77. The van der Waals surface area contributed by atoms with Crippen LogP contribution in [0.2, 0.25) is 0 Å². The number of hydrogen-bond acceptors (Lipinski definition) is 6. The molecule has 2 rings (SSSR count). The highest BCUT2D eigenvalue weighted by Gasteiger charge is 2.15. The summed E-state index contributed by atoms with van der Waals surface area (Å²) < 4.78 is 10.8. The number of carbonyl (C=O) groups is 2. The molecule has 2 aromatic rings. The number of nitro groups is 1. The minimum atomic E-state index is -0.665. The van der Waals surface area contributed by atoms with Gasteiger partial charge in [0.1, 0.15) is 11.5 Å². The fourth-order valence-electron chi connectivity index (χ4n) is 2.40. The van der Waals surface area contributed by atoms with E-state index in [9.17, 15) is 19.7 Å². The minimum absolute atomic E-state index is 0.0307. The molecule has 0 unspecified atom stereocenters. The third-order valence-electron chi connectivity index (χ3n) is 3.89. The molecule has 142 valence electrons. The van der Waals surface area contributed by atoms with Crippen molar-refractivity contribution in [2.45, 2.75) is 32.6 Å².